The van der Waals surface area contributed by atoms with Gasteiger partial charge in [0.1, 0.15) is 0 Å². The number of benzene rings is 1. The SMILES string of the molecule is COc1cc(CCN[C@@H](C)C2CCNCC2)c(Cl)cc1[N+](=O)[O-]. The molecule has 0 radical (unpaired) electrons. The minimum Gasteiger partial charge on any atom is -0.490 e. The van der Waals surface area contributed by atoms with Gasteiger partial charge in [0.05, 0.1) is 17.1 Å². The van der Waals surface area contributed by atoms with Gasteiger partial charge in [0, 0.05) is 12.1 Å². The van der Waals surface area contributed by atoms with Gasteiger partial charge in [-0.3, -0.25) is 10.1 Å². The molecule has 6 nitrogen and oxygen atoms in total. The fourth-order valence-corrected chi connectivity index (χ4v) is 3.28. The monoisotopic (exact) mass is 341 g/mol. The molecule has 1 aliphatic heterocycles. The molecule has 1 atom stereocenters. The fourth-order valence-electron chi connectivity index (χ4n) is 3.03. The molecular weight excluding hydrogens is 318 g/mol. The van der Waals surface area contributed by atoms with Gasteiger partial charge in [-0.2, -0.15) is 0 Å². The lowest BCUT2D eigenvalue weighted by Crippen LogP contribution is -2.40. The number of methoxy groups -OCH3 is 1. The van der Waals surface area contributed by atoms with Gasteiger partial charge in [-0.1, -0.05) is 11.6 Å². The average molecular weight is 342 g/mol. The van der Waals surface area contributed by atoms with Gasteiger partial charge >= 0.3 is 5.69 Å². The third-order valence-electron chi connectivity index (χ3n) is 4.50. The van der Waals surface area contributed by atoms with E-state index in [-0.39, 0.29) is 11.4 Å². The number of hydrogen-bond donors (Lipinski definition) is 2. The second-order valence-corrected chi connectivity index (χ2v) is 6.36. The highest BCUT2D eigenvalue weighted by molar-refractivity contribution is 6.31. The predicted octanol–water partition coefficient (Wildman–Crippen LogP) is 2.78. The number of rotatable bonds is 7. The number of halogens is 1. The molecule has 128 valence electrons. The molecule has 7 heteroatoms. The molecule has 2 N–H and O–H groups in total. The van der Waals surface area contributed by atoms with Crippen molar-refractivity contribution in [2.45, 2.75) is 32.2 Å². The third kappa shape index (κ3) is 4.80. The lowest BCUT2D eigenvalue weighted by molar-refractivity contribution is -0.385. The molecule has 0 unspecified atom stereocenters. The van der Waals surface area contributed by atoms with E-state index < -0.39 is 4.92 Å². The Morgan fingerprint density at radius 3 is 2.78 bits per heavy atom. The first-order valence-corrected chi connectivity index (χ1v) is 8.35. The number of hydrogen-bond acceptors (Lipinski definition) is 5. The summed E-state index contributed by atoms with van der Waals surface area (Å²) in [5, 5.41) is 18.3. The van der Waals surface area contributed by atoms with Crippen molar-refractivity contribution in [2.24, 2.45) is 5.92 Å². The summed E-state index contributed by atoms with van der Waals surface area (Å²) in [5.41, 5.74) is 0.761. The molecule has 2 rings (SSSR count). The van der Waals surface area contributed by atoms with Crippen LogP contribution in [0.15, 0.2) is 12.1 Å². The minimum absolute atomic E-state index is 0.0997. The van der Waals surface area contributed by atoms with E-state index in [0.717, 1.165) is 25.2 Å². The van der Waals surface area contributed by atoms with E-state index in [1.54, 1.807) is 6.07 Å². The Labute approximate surface area is 141 Å². The van der Waals surface area contributed by atoms with E-state index in [0.29, 0.717) is 23.4 Å². The summed E-state index contributed by atoms with van der Waals surface area (Å²) in [4.78, 5) is 10.5. The normalized spacial score (nSPS) is 17.0. The van der Waals surface area contributed by atoms with Crippen molar-refractivity contribution in [1.29, 1.82) is 0 Å². The molecule has 0 saturated carbocycles. The van der Waals surface area contributed by atoms with Crippen LogP contribution in [0.1, 0.15) is 25.3 Å². The average Bonchev–Trinajstić information content (AvgIpc) is 2.56. The molecule has 1 heterocycles. The number of ether oxygens (including phenoxy) is 1. The minimum atomic E-state index is -0.480. The van der Waals surface area contributed by atoms with Crippen LogP contribution in [-0.2, 0) is 6.42 Å². The zero-order chi connectivity index (χ0) is 16.8. The second kappa shape index (κ2) is 8.47. The van der Waals surface area contributed by atoms with Crippen molar-refractivity contribution in [3.05, 3.63) is 32.8 Å². The maximum Gasteiger partial charge on any atom is 0.312 e. The highest BCUT2D eigenvalue weighted by Crippen LogP contribution is 2.33. The molecule has 0 amide bonds. The molecule has 0 aliphatic carbocycles. The zero-order valence-corrected chi connectivity index (χ0v) is 14.4. The van der Waals surface area contributed by atoms with E-state index in [4.69, 9.17) is 16.3 Å². The molecule has 1 aliphatic rings. The van der Waals surface area contributed by atoms with Crippen molar-refractivity contribution in [1.82, 2.24) is 10.6 Å². The second-order valence-electron chi connectivity index (χ2n) is 5.95. The predicted molar refractivity (Wildman–Crippen MR) is 91.4 cm³/mol. The van der Waals surface area contributed by atoms with Crippen LogP contribution in [0.5, 0.6) is 5.75 Å². The molecule has 0 spiro atoms. The van der Waals surface area contributed by atoms with Crippen molar-refractivity contribution in [2.75, 3.05) is 26.7 Å². The summed E-state index contributed by atoms with van der Waals surface area (Å²) in [6.07, 6.45) is 3.10. The van der Waals surface area contributed by atoms with Crippen molar-refractivity contribution < 1.29 is 9.66 Å². The van der Waals surface area contributed by atoms with Crippen LogP contribution < -0.4 is 15.4 Å². The van der Waals surface area contributed by atoms with Gasteiger partial charge < -0.3 is 15.4 Å². The van der Waals surface area contributed by atoms with Crippen molar-refractivity contribution >= 4 is 17.3 Å². The summed E-state index contributed by atoms with van der Waals surface area (Å²) < 4.78 is 5.10. The largest absolute Gasteiger partial charge is 0.490 e. The number of nitrogens with zero attached hydrogens (tertiary/aromatic N) is 1. The smallest absolute Gasteiger partial charge is 0.312 e. The quantitative estimate of drug-likeness (QED) is 0.589. The molecule has 1 saturated heterocycles. The Hall–Kier alpha value is -1.37. The van der Waals surface area contributed by atoms with Crippen LogP contribution in [-0.4, -0.2) is 37.7 Å². The van der Waals surface area contributed by atoms with E-state index in [1.807, 2.05) is 0 Å². The zero-order valence-electron chi connectivity index (χ0n) is 13.6. The fraction of sp³-hybridized carbons (Fsp3) is 0.625. The highest BCUT2D eigenvalue weighted by atomic mass is 35.5. The summed E-state index contributed by atoms with van der Waals surface area (Å²) in [6.45, 7) is 5.17. The van der Waals surface area contributed by atoms with E-state index in [9.17, 15) is 10.1 Å². The first kappa shape index (κ1) is 18.0. The first-order valence-electron chi connectivity index (χ1n) is 7.97. The molecule has 1 fully saturated rings. The van der Waals surface area contributed by atoms with Gasteiger partial charge in [-0.15, -0.1) is 0 Å². The van der Waals surface area contributed by atoms with E-state index in [1.165, 1.54) is 26.0 Å². The maximum absolute atomic E-state index is 11.0. The maximum atomic E-state index is 11.0. The molecule has 0 aromatic heterocycles. The molecular formula is C16H24ClN3O3. The Balaban J connectivity index is 1.93. The molecule has 0 bridgehead atoms. The summed E-state index contributed by atoms with van der Waals surface area (Å²) in [6, 6.07) is 3.49. The standard InChI is InChI=1S/C16H24ClN3O3/c1-11(12-3-6-18-7-4-12)19-8-5-13-9-16(23-2)15(20(21)22)10-14(13)17/h9-12,18-19H,3-8H2,1-2H3/t11-/m0/s1. The molecule has 1 aromatic rings. The Bertz CT molecular complexity index is 548. The van der Waals surface area contributed by atoms with Gasteiger partial charge in [0.25, 0.3) is 0 Å². The van der Waals surface area contributed by atoms with Crippen LogP contribution >= 0.6 is 11.6 Å². The number of nitro benzene ring substituents is 1. The van der Waals surface area contributed by atoms with Crippen LogP contribution in [0.4, 0.5) is 5.69 Å². The van der Waals surface area contributed by atoms with Crippen LogP contribution in [0.2, 0.25) is 5.02 Å². The Morgan fingerprint density at radius 2 is 2.17 bits per heavy atom. The van der Waals surface area contributed by atoms with Gasteiger partial charge in [-0.25, -0.2) is 0 Å². The first-order chi connectivity index (χ1) is 11.0. The van der Waals surface area contributed by atoms with E-state index in [2.05, 4.69) is 17.6 Å². The van der Waals surface area contributed by atoms with Crippen molar-refractivity contribution in [3.63, 3.8) is 0 Å². The molecule has 23 heavy (non-hydrogen) atoms. The summed E-state index contributed by atoms with van der Waals surface area (Å²) in [5.74, 6) is 0.943. The van der Waals surface area contributed by atoms with Crippen LogP contribution in [0, 0.1) is 16.0 Å². The summed E-state index contributed by atoms with van der Waals surface area (Å²) in [7, 11) is 1.43. The Morgan fingerprint density at radius 1 is 1.48 bits per heavy atom. The highest BCUT2D eigenvalue weighted by Gasteiger charge is 2.20. The van der Waals surface area contributed by atoms with Crippen LogP contribution in [0.3, 0.4) is 0 Å². The Kier molecular flexibility index (Phi) is 6.62. The van der Waals surface area contributed by atoms with Gasteiger partial charge in [0.15, 0.2) is 5.75 Å². The van der Waals surface area contributed by atoms with Crippen LogP contribution in [0.25, 0.3) is 0 Å². The van der Waals surface area contributed by atoms with Gasteiger partial charge in [-0.05, 0) is 63.4 Å². The van der Waals surface area contributed by atoms with Gasteiger partial charge in [0.2, 0.25) is 0 Å². The topological polar surface area (TPSA) is 76.4 Å². The number of piperidine rings is 1. The molecule has 1 aromatic carbocycles. The third-order valence-corrected chi connectivity index (χ3v) is 4.85. The lowest BCUT2D eigenvalue weighted by Gasteiger charge is -2.29. The van der Waals surface area contributed by atoms with E-state index >= 15 is 0 Å². The lowest BCUT2D eigenvalue weighted by atomic mass is 9.91. The summed E-state index contributed by atoms with van der Waals surface area (Å²) >= 11 is 6.17. The number of nitro groups is 1. The number of nitrogens with one attached hydrogen (secondary N) is 2. The van der Waals surface area contributed by atoms with Crippen molar-refractivity contribution in [3.8, 4) is 5.75 Å².